The Hall–Kier alpha value is -0.436. The first-order valence-corrected chi connectivity index (χ1v) is 15.8. The molecule has 2 atom stereocenters. The maximum atomic E-state index is 14.1. The van der Waals surface area contributed by atoms with Gasteiger partial charge in [0.05, 0.1) is 6.61 Å². The number of rotatable bonds is 9. The Labute approximate surface area is 434 Å². The number of carbonyl (C=O) groups excluding carboxylic acids is 2. The molecule has 2 aromatic heterocycles. The zero-order valence-electron chi connectivity index (χ0n) is 29.2. The molecule has 0 radical (unpaired) electrons. The molecule has 0 aliphatic carbocycles. The average Bonchev–Trinajstić information content (AvgIpc) is 3.07. The van der Waals surface area contributed by atoms with Gasteiger partial charge in [-0.3, -0.25) is 4.79 Å². The average molecular weight is 1040 g/mol. The quantitative estimate of drug-likeness (QED) is 0.0588. The summed E-state index contributed by atoms with van der Waals surface area (Å²) in [6.07, 6.45) is -1.65. The third kappa shape index (κ3) is 15.1. The molecule has 3 heterocycles. The first-order valence-electron chi connectivity index (χ1n) is 14.6. The number of hydrogen-bond donors (Lipinski definition) is 2. The van der Waals surface area contributed by atoms with Crippen LogP contribution in [0.2, 0.25) is 15.5 Å². The van der Waals surface area contributed by atoms with E-state index in [1.165, 1.54) is 24.3 Å². The van der Waals surface area contributed by atoms with E-state index in [0.29, 0.717) is 28.7 Å². The number of aromatic nitrogens is 2. The van der Waals surface area contributed by atoms with Gasteiger partial charge in [0.25, 0.3) is 6.47 Å². The number of nitrogens with zero attached hydrogens (tertiary/aromatic N) is 2. The smallest absolute Gasteiger partial charge is 1.00 e. The number of hydrogen-bond acceptors (Lipinski definition) is 10. The Balaban J connectivity index is 0.000000904. The number of esters is 1. The van der Waals surface area contributed by atoms with E-state index in [0.717, 1.165) is 24.3 Å². The van der Waals surface area contributed by atoms with Crippen LogP contribution in [0.1, 0.15) is 32.3 Å². The topological polar surface area (TPSA) is 168 Å². The van der Waals surface area contributed by atoms with Crippen LogP contribution in [0, 0.1) is 23.3 Å². The number of halogens is 7. The molecule has 0 amide bonds. The summed E-state index contributed by atoms with van der Waals surface area (Å²) in [6, 6.07) is 9.20. The molecule has 2 N–H and O–H groups in total. The van der Waals surface area contributed by atoms with Crippen molar-refractivity contribution < 1.29 is 201 Å². The van der Waals surface area contributed by atoms with Gasteiger partial charge in [0.15, 0.2) is 12.2 Å². The Bertz CT molecular complexity index is 1910. The van der Waals surface area contributed by atoms with Gasteiger partial charge in [0.2, 0.25) is 5.88 Å². The Morgan fingerprint density at radius 1 is 0.962 bits per heavy atom. The summed E-state index contributed by atoms with van der Waals surface area (Å²) >= 11 is 17.9. The van der Waals surface area contributed by atoms with Crippen LogP contribution in [0.4, 0.5) is 17.6 Å². The third-order valence-electron chi connectivity index (χ3n) is 6.99. The SMILES string of the molecule is CCOC(=O)C(O)CCc1c(-c2ccc(F)cc2F)cc(Cl)nc1Cl.O=C(O)C1CCc2c(-c3ccc(F)cc3F)cc(Cl)nc2O1.O=CO[O-].[Cs+].[Cs+].[H-]. The molecule has 1 aliphatic heterocycles. The molecule has 2 unspecified atom stereocenters. The molecule has 0 saturated carbocycles. The van der Waals surface area contributed by atoms with Crippen LogP contribution in [-0.2, 0) is 36.8 Å². The van der Waals surface area contributed by atoms with Gasteiger partial charge in [-0.05, 0) is 85.7 Å². The van der Waals surface area contributed by atoms with Gasteiger partial charge in [0, 0.05) is 28.8 Å². The van der Waals surface area contributed by atoms with Crippen molar-refractivity contribution in [3.8, 4) is 28.1 Å². The molecule has 2 aromatic carbocycles. The third-order valence-corrected chi connectivity index (χ3v) is 7.69. The second kappa shape index (κ2) is 25.0. The zero-order valence-corrected chi connectivity index (χ0v) is 43.0. The first-order chi connectivity index (χ1) is 24.2. The predicted molar refractivity (Wildman–Crippen MR) is 174 cm³/mol. The standard InChI is InChI=1S/C17H15Cl2F2NO3.C15H10ClF2NO3.CH2O3.2Cs.H/c1-2-25-17(24)14(23)6-5-11-12(8-15(18)22-16(11)19)10-4-3-9(20)7-13(10)21;16-13-6-10(8-2-1-7(17)5-11(8)18)9-3-4-12(15(20)21)22-14(9)19-13;2-1-4-3;;;/h3-4,7-8,14,23H,2,5-6H2,1H3;1-2,5-6,12H,3-4H2,(H,20,21);1,3H;;;/q;;;2*+1;-1/p-1. The summed E-state index contributed by atoms with van der Waals surface area (Å²) in [6.45, 7) is 1.59. The van der Waals surface area contributed by atoms with Crippen molar-refractivity contribution in [2.24, 2.45) is 0 Å². The summed E-state index contributed by atoms with van der Waals surface area (Å²) in [5.41, 5.74) is 1.95. The van der Waals surface area contributed by atoms with E-state index in [1.807, 2.05) is 0 Å². The first kappa shape index (κ1) is 50.6. The van der Waals surface area contributed by atoms with Gasteiger partial charge in [-0.15, -0.1) is 0 Å². The van der Waals surface area contributed by atoms with Gasteiger partial charge < -0.3 is 31.3 Å². The molecule has 0 saturated heterocycles. The summed E-state index contributed by atoms with van der Waals surface area (Å²) in [5, 5.41) is 27.4. The van der Waals surface area contributed by atoms with Crippen LogP contribution in [0.5, 0.6) is 5.88 Å². The van der Waals surface area contributed by atoms with Gasteiger partial charge in [-0.25, -0.2) is 37.1 Å². The van der Waals surface area contributed by atoms with Crippen molar-refractivity contribution in [2.45, 2.75) is 44.8 Å². The molecule has 53 heavy (non-hydrogen) atoms. The van der Waals surface area contributed by atoms with Crippen LogP contribution in [-0.4, -0.2) is 57.4 Å². The fourth-order valence-electron chi connectivity index (χ4n) is 4.78. The number of pyridine rings is 2. The molecule has 0 fully saturated rings. The molecule has 5 rings (SSSR count). The van der Waals surface area contributed by atoms with Crippen molar-refractivity contribution in [2.75, 3.05) is 6.61 Å². The van der Waals surface area contributed by atoms with Gasteiger partial charge in [-0.2, -0.15) is 0 Å². The minimum Gasteiger partial charge on any atom is -1.00 e. The Morgan fingerprint density at radius 2 is 1.49 bits per heavy atom. The Morgan fingerprint density at radius 3 is 2.00 bits per heavy atom. The number of fused-ring (bicyclic) bond motifs is 1. The second-order valence-electron chi connectivity index (χ2n) is 10.3. The minimum absolute atomic E-state index is 0. The van der Waals surface area contributed by atoms with Crippen LogP contribution in [0.15, 0.2) is 48.5 Å². The molecule has 0 bridgehead atoms. The molecule has 0 spiro atoms. The second-order valence-corrected chi connectivity index (χ2v) is 11.4. The number of aliphatic hydroxyl groups excluding tert-OH is 1. The van der Waals surface area contributed by atoms with Crippen molar-refractivity contribution >= 4 is 53.2 Å². The summed E-state index contributed by atoms with van der Waals surface area (Å²) in [5.74, 6) is -4.69. The number of benzene rings is 2. The molecule has 4 aromatic rings. The maximum Gasteiger partial charge on any atom is 1.00 e. The molecule has 20 heteroatoms. The number of carboxylic acid groups (broad SMARTS) is 1. The van der Waals surface area contributed by atoms with Gasteiger partial charge in [0.1, 0.15) is 38.7 Å². The van der Waals surface area contributed by atoms with Crippen LogP contribution >= 0.6 is 34.8 Å². The summed E-state index contributed by atoms with van der Waals surface area (Å²) in [7, 11) is 0. The predicted octanol–water partition coefficient (Wildman–Crippen LogP) is 0.204. The summed E-state index contributed by atoms with van der Waals surface area (Å²) in [4.78, 5) is 41.6. The van der Waals surface area contributed by atoms with E-state index < -0.39 is 47.4 Å². The number of carboxylic acids is 1. The van der Waals surface area contributed by atoms with E-state index in [9.17, 15) is 32.3 Å². The van der Waals surface area contributed by atoms with Gasteiger partial charge >= 0.3 is 150 Å². The van der Waals surface area contributed by atoms with Crippen LogP contribution in [0.3, 0.4) is 0 Å². The zero-order chi connectivity index (χ0) is 37.8. The Kier molecular flexibility index (Phi) is 23.9. The van der Waals surface area contributed by atoms with E-state index in [-0.39, 0.29) is 204 Å². The monoisotopic (exact) mass is 1040 g/mol. The maximum absolute atomic E-state index is 14.1. The van der Waals surface area contributed by atoms with E-state index >= 15 is 0 Å². The normalized spacial score (nSPS) is 13.1. The van der Waals surface area contributed by atoms with Crippen LogP contribution in [0.25, 0.3) is 22.3 Å². The number of aliphatic carboxylic acids is 1. The molecular formula is C33H27Cl3Cs2F4N2O9. The van der Waals surface area contributed by atoms with Crippen molar-refractivity contribution in [1.82, 2.24) is 9.97 Å². The fraction of sp³-hybridized carbons (Fsp3) is 0.242. The number of aliphatic hydroxyl groups is 1. The van der Waals surface area contributed by atoms with Crippen molar-refractivity contribution in [3.63, 3.8) is 0 Å². The molecule has 1 aliphatic rings. The molecule has 11 nitrogen and oxygen atoms in total. The van der Waals surface area contributed by atoms with Gasteiger partial charge in [-0.1, -0.05) is 34.8 Å². The molecular weight excluding hydrogens is 1020 g/mol. The van der Waals surface area contributed by atoms with Crippen molar-refractivity contribution in [1.29, 1.82) is 0 Å². The minimum atomic E-state index is -1.35. The van der Waals surface area contributed by atoms with E-state index in [2.05, 4.69) is 14.9 Å². The van der Waals surface area contributed by atoms with E-state index in [1.54, 1.807) is 6.92 Å². The van der Waals surface area contributed by atoms with Crippen LogP contribution < -0.4 is 148 Å². The van der Waals surface area contributed by atoms with Crippen molar-refractivity contribution in [3.05, 3.63) is 98.4 Å². The fourth-order valence-corrected chi connectivity index (χ4v) is 5.49. The number of ether oxygens (including phenoxy) is 2. The number of carbonyl (C=O) groups is 3. The van der Waals surface area contributed by atoms with E-state index in [4.69, 9.17) is 59.4 Å². The summed E-state index contributed by atoms with van der Waals surface area (Å²) < 4.78 is 64.4. The largest absolute Gasteiger partial charge is 1.00 e. The molecule has 274 valence electrons.